The van der Waals surface area contributed by atoms with Gasteiger partial charge in [0.25, 0.3) is 5.56 Å². The van der Waals surface area contributed by atoms with Crippen LogP contribution in [0.1, 0.15) is 17.9 Å². The van der Waals surface area contributed by atoms with Crippen LogP contribution in [-0.2, 0) is 11.3 Å². The molecule has 4 aromatic rings. The number of benzene rings is 1. The van der Waals surface area contributed by atoms with E-state index in [4.69, 9.17) is 9.05 Å². The van der Waals surface area contributed by atoms with E-state index < -0.39 is 5.56 Å². The van der Waals surface area contributed by atoms with Gasteiger partial charge >= 0.3 is 0 Å². The third-order valence-electron chi connectivity index (χ3n) is 4.25. The minimum atomic E-state index is -0.406. The van der Waals surface area contributed by atoms with Crippen molar-refractivity contribution in [2.24, 2.45) is 0 Å². The number of nitrogens with zero attached hydrogens (tertiary/aromatic N) is 4. The van der Waals surface area contributed by atoms with Crippen molar-refractivity contribution in [3.8, 4) is 11.3 Å². The summed E-state index contributed by atoms with van der Waals surface area (Å²) in [5.41, 5.74) is 1.20. The van der Waals surface area contributed by atoms with E-state index in [1.54, 1.807) is 19.9 Å². The summed E-state index contributed by atoms with van der Waals surface area (Å²) >= 11 is 0. The Hall–Kier alpha value is -3.75. The zero-order chi connectivity index (χ0) is 19.7. The van der Waals surface area contributed by atoms with Gasteiger partial charge in [0.2, 0.25) is 5.91 Å². The predicted molar refractivity (Wildman–Crippen MR) is 101 cm³/mol. The number of rotatable bonds is 5. The zero-order valence-corrected chi connectivity index (χ0v) is 15.3. The Balaban J connectivity index is 1.65. The Labute approximate surface area is 158 Å². The second-order valence-corrected chi connectivity index (χ2v) is 6.33. The fourth-order valence-electron chi connectivity index (χ4n) is 2.92. The Morgan fingerprint density at radius 2 is 1.93 bits per heavy atom. The molecule has 0 spiro atoms. The number of carbonyl (C=O) groups excluding carboxylic acids is 1. The number of aryl methyl sites for hydroxylation is 3. The van der Waals surface area contributed by atoms with Gasteiger partial charge in [-0.25, -0.2) is 4.68 Å². The first-order valence-corrected chi connectivity index (χ1v) is 8.68. The van der Waals surface area contributed by atoms with Gasteiger partial charge in [0.05, 0.1) is 11.9 Å². The molecule has 0 aliphatic carbocycles. The van der Waals surface area contributed by atoms with E-state index in [1.807, 2.05) is 30.3 Å². The van der Waals surface area contributed by atoms with Crippen molar-refractivity contribution in [2.75, 3.05) is 5.32 Å². The Bertz CT molecular complexity index is 1210. The van der Waals surface area contributed by atoms with Crippen molar-refractivity contribution in [3.05, 3.63) is 58.3 Å². The average molecular weight is 379 g/mol. The van der Waals surface area contributed by atoms with Gasteiger partial charge in [0.15, 0.2) is 11.3 Å². The molecule has 3 heterocycles. The molecule has 1 amide bonds. The summed E-state index contributed by atoms with van der Waals surface area (Å²) in [4.78, 5) is 24.9. The molecule has 3 aromatic heterocycles. The maximum Gasteiger partial charge on any atom is 0.296 e. The highest BCUT2D eigenvalue weighted by atomic mass is 16.5. The van der Waals surface area contributed by atoms with E-state index in [2.05, 4.69) is 20.7 Å². The molecule has 9 nitrogen and oxygen atoms in total. The van der Waals surface area contributed by atoms with Crippen molar-refractivity contribution in [1.29, 1.82) is 0 Å². The van der Waals surface area contributed by atoms with Crippen LogP contribution in [0.25, 0.3) is 22.2 Å². The van der Waals surface area contributed by atoms with Crippen molar-refractivity contribution in [1.82, 2.24) is 20.1 Å². The first-order valence-electron chi connectivity index (χ1n) is 8.68. The van der Waals surface area contributed by atoms with Crippen LogP contribution in [0.5, 0.6) is 0 Å². The molecule has 0 saturated heterocycles. The van der Waals surface area contributed by atoms with E-state index in [1.165, 1.54) is 4.68 Å². The van der Waals surface area contributed by atoms with Gasteiger partial charge in [-0.2, -0.15) is 5.10 Å². The van der Waals surface area contributed by atoms with Gasteiger partial charge < -0.3 is 14.4 Å². The van der Waals surface area contributed by atoms with E-state index in [0.29, 0.717) is 28.4 Å². The van der Waals surface area contributed by atoms with Crippen LogP contribution in [0.2, 0.25) is 0 Å². The first-order chi connectivity index (χ1) is 13.5. The minimum absolute atomic E-state index is 0.0371. The highest BCUT2D eigenvalue weighted by molar-refractivity contribution is 5.93. The second-order valence-electron chi connectivity index (χ2n) is 6.33. The van der Waals surface area contributed by atoms with Crippen molar-refractivity contribution >= 4 is 22.6 Å². The predicted octanol–water partition coefficient (Wildman–Crippen LogP) is 2.69. The zero-order valence-electron chi connectivity index (χ0n) is 15.3. The lowest BCUT2D eigenvalue weighted by Crippen LogP contribution is -2.26. The number of aromatic nitrogens is 4. The molecule has 1 N–H and O–H groups in total. The van der Waals surface area contributed by atoms with Crippen LogP contribution in [0.15, 0.2) is 50.2 Å². The second kappa shape index (κ2) is 7.10. The summed E-state index contributed by atoms with van der Waals surface area (Å²) in [6, 6.07) is 11.1. The topological polar surface area (TPSA) is 116 Å². The Morgan fingerprint density at radius 3 is 2.64 bits per heavy atom. The molecule has 9 heteroatoms. The van der Waals surface area contributed by atoms with E-state index in [9.17, 15) is 9.59 Å². The fourth-order valence-corrected chi connectivity index (χ4v) is 2.92. The summed E-state index contributed by atoms with van der Waals surface area (Å²) < 4.78 is 11.4. The molecule has 1 aromatic carbocycles. The Morgan fingerprint density at radius 1 is 1.14 bits per heavy atom. The molecule has 0 unspecified atom stereocenters. The Kier molecular flexibility index (Phi) is 4.48. The number of hydrogen-bond donors (Lipinski definition) is 1. The van der Waals surface area contributed by atoms with Crippen molar-refractivity contribution in [2.45, 2.75) is 26.8 Å². The molecule has 28 heavy (non-hydrogen) atoms. The lowest BCUT2D eigenvalue weighted by Gasteiger charge is -2.08. The molecule has 0 radical (unpaired) electrons. The molecule has 0 fully saturated rings. The number of carbonyl (C=O) groups is 1. The first kappa shape index (κ1) is 17.7. The number of nitrogens with one attached hydrogen (secondary N) is 1. The molecular formula is C19H17N5O4. The van der Waals surface area contributed by atoms with Crippen LogP contribution in [0, 0.1) is 13.8 Å². The molecule has 4 rings (SSSR count). The smallest absolute Gasteiger partial charge is 0.296 e. The van der Waals surface area contributed by atoms with E-state index in [0.717, 1.165) is 5.56 Å². The largest absolute Gasteiger partial charge is 0.360 e. The van der Waals surface area contributed by atoms with E-state index in [-0.39, 0.29) is 24.4 Å². The number of amides is 1. The molecular weight excluding hydrogens is 362 g/mol. The summed E-state index contributed by atoms with van der Waals surface area (Å²) in [7, 11) is 0. The van der Waals surface area contributed by atoms with Crippen LogP contribution in [0.4, 0.5) is 5.82 Å². The molecule has 0 aliphatic heterocycles. The lowest BCUT2D eigenvalue weighted by atomic mass is 10.1. The maximum atomic E-state index is 12.7. The third-order valence-corrected chi connectivity index (χ3v) is 4.25. The van der Waals surface area contributed by atoms with Gasteiger partial charge in [-0.15, -0.1) is 0 Å². The summed E-state index contributed by atoms with van der Waals surface area (Å²) in [6.07, 6.45) is 0.0371. The third kappa shape index (κ3) is 3.29. The number of fused-ring (bicyclic) bond motifs is 1. The normalized spacial score (nSPS) is 11.1. The quantitative estimate of drug-likeness (QED) is 0.566. The van der Waals surface area contributed by atoms with Crippen molar-refractivity contribution < 1.29 is 13.8 Å². The highest BCUT2D eigenvalue weighted by Gasteiger charge is 2.19. The molecule has 0 atom stereocenters. The maximum absolute atomic E-state index is 12.7. The number of anilines is 1. The van der Waals surface area contributed by atoms with Gasteiger partial charge in [-0.05, 0) is 13.8 Å². The van der Waals surface area contributed by atoms with Crippen LogP contribution >= 0.6 is 0 Å². The van der Waals surface area contributed by atoms with Gasteiger partial charge in [0, 0.05) is 18.1 Å². The molecule has 142 valence electrons. The summed E-state index contributed by atoms with van der Waals surface area (Å²) in [5.74, 6) is 1.13. The average Bonchev–Trinajstić information content (AvgIpc) is 3.28. The van der Waals surface area contributed by atoms with E-state index >= 15 is 0 Å². The SMILES string of the molecule is Cc1cc(NC(=O)CCn2nc(-c3ccccc3)c3c(C)onc3c2=O)no1. The van der Waals surface area contributed by atoms with Gasteiger partial charge in [-0.1, -0.05) is 40.6 Å². The number of hydrogen-bond acceptors (Lipinski definition) is 7. The molecule has 0 saturated carbocycles. The standard InChI is InChI=1S/C19H17N5O4/c1-11-10-14(22-27-11)20-15(25)8-9-24-19(26)18-16(12(2)28-23-18)17(21-24)13-6-4-3-5-7-13/h3-7,10H,8-9H2,1-2H3,(H,20,22,25). The lowest BCUT2D eigenvalue weighted by molar-refractivity contribution is -0.116. The summed E-state index contributed by atoms with van der Waals surface area (Å²) in [5, 5.41) is 15.3. The fraction of sp³-hybridized carbons (Fsp3) is 0.211. The highest BCUT2D eigenvalue weighted by Crippen LogP contribution is 2.26. The van der Waals surface area contributed by atoms with Crippen LogP contribution < -0.4 is 10.9 Å². The van der Waals surface area contributed by atoms with Crippen LogP contribution in [0.3, 0.4) is 0 Å². The monoisotopic (exact) mass is 379 g/mol. The molecule has 0 bridgehead atoms. The van der Waals surface area contributed by atoms with Crippen LogP contribution in [-0.4, -0.2) is 26.0 Å². The minimum Gasteiger partial charge on any atom is -0.360 e. The van der Waals surface area contributed by atoms with Gasteiger partial charge in [-0.3, -0.25) is 9.59 Å². The van der Waals surface area contributed by atoms with Crippen molar-refractivity contribution in [3.63, 3.8) is 0 Å². The molecule has 0 aliphatic rings. The summed E-state index contributed by atoms with van der Waals surface area (Å²) in [6.45, 7) is 3.55. The van der Waals surface area contributed by atoms with Gasteiger partial charge in [0.1, 0.15) is 17.2 Å².